The second-order valence-corrected chi connectivity index (χ2v) is 1.51. The first-order chi connectivity index (χ1) is 3.39. The van der Waals surface area contributed by atoms with Gasteiger partial charge in [-0.15, -0.1) is 0 Å². The maximum Gasteiger partial charge on any atom is 0.135 e. The molecule has 1 rings (SSSR count). The third kappa shape index (κ3) is 1.18. The first kappa shape index (κ1) is 4.63. The summed E-state index contributed by atoms with van der Waals surface area (Å²) in [5.74, 6) is 0. The largest absolute Gasteiger partial charge is 0.301 e. The Bertz CT molecular complexity index is 115. The van der Waals surface area contributed by atoms with E-state index in [1.165, 1.54) is 0 Å². The van der Waals surface area contributed by atoms with Crippen LogP contribution in [0.25, 0.3) is 0 Å². The molecule has 1 heterocycles. The molecule has 0 N–H and O–H groups in total. The number of allylic oxidation sites excluding steroid dienone is 1. The van der Waals surface area contributed by atoms with E-state index in [4.69, 9.17) is 7.85 Å². The van der Waals surface area contributed by atoms with Gasteiger partial charge in [-0.05, 0) is 12.0 Å². The number of nitrogens with zero attached hydrogens (tertiary/aromatic N) is 1. The molecule has 2 heteroatoms. The molecule has 34 valence electrons. The summed E-state index contributed by atoms with van der Waals surface area (Å²) in [6, 6.07) is 0. The maximum absolute atomic E-state index is 5.33. The van der Waals surface area contributed by atoms with E-state index in [9.17, 15) is 0 Å². The van der Waals surface area contributed by atoms with Crippen molar-refractivity contribution in [1.29, 1.82) is 0 Å². The van der Waals surface area contributed by atoms with E-state index in [0.717, 1.165) is 18.6 Å². The molecule has 0 bridgehead atoms. The topological polar surface area (TPSA) is 12.4 Å². The summed E-state index contributed by atoms with van der Waals surface area (Å²) in [6.07, 6.45) is 4.87. The number of aliphatic imine (C=N–C) groups is 1. The normalized spacial score (nSPS) is 19.1. The molecule has 7 heavy (non-hydrogen) atoms. The van der Waals surface area contributed by atoms with Crippen LogP contribution in [0, 0.1) is 0 Å². The van der Waals surface area contributed by atoms with Crippen LogP contribution < -0.4 is 0 Å². The Labute approximate surface area is 44.6 Å². The van der Waals surface area contributed by atoms with Gasteiger partial charge in [-0.3, -0.25) is 0 Å². The summed E-state index contributed by atoms with van der Waals surface area (Å²) in [5, 5.41) is 0. The third-order valence-corrected chi connectivity index (χ3v) is 0.893. The molecule has 0 spiro atoms. The fourth-order valence-electron chi connectivity index (χ4n) is 0.513. The second-order valence-electron chi connectivity index (χ2n) is 1.51. The van der Waals surface area contributed by atoms with Crippen LogP contribution in [0.3, 0.4) is 0 Å². The van der Waals surface area contributed by atoms with Gasteiger partial charge in [-0.1, -0.05) is 12.2 Å². The van der Waals surface area contributed by atoms with Crippen molar-refractivity contribution in [3.63, 3.8) is 0 Å². The van der Waals surface area contributed by atoms with Gasteiger partial charge in [0.1, 0.15) is 7.85 Å². The van der Waals surface area contributed by atoms with E-state index in [2.05, 4.69) is 4.99 Å². The minimum atomic E-state index is 0.752. The predicted molar refractivity (Wildman–Crippen MR) is 31.8 cm³/mol. The molecular formula is C5H6BN. The molecule has 2 radical (unpaired) electrons. The summed E-state index contributed by atoms with van der Waals surface area (Å²) >= 11 is 0. The van der Waals surface area contributed by atoms with Gasteiger partial charge in [0.2, 0.25) is 0 Å². The monoisotopic (exact) mass is 91.1 g/mol. The number of hydrogen-bond donors (Lipinski definition) is 0. The summed E-state index contributed by atoms with van der Waals surface area (Å²) in [6.45, 7) is 0.770. The molecule has 0 aliphatic carbocycles. The summed E-state index contributed by atoms with van der Waals surface area (Å²) < 4.78 is 0. The molecular weight excluding hydrogens is 84.9 g/mol. The van der Waals surface area contributed by atoms with Crippen molar-refractivity contribution < 1.29 is 0 Å². The van der Waals surface area contributed by atoms with Crippen LogP contribution >= 0.6 is 0 Å². The quantitative estimate of drug-likeness (QED) is 0.304. The van der Waals surface area contributed by atoms with E-state index >= 15 is 0 Å². The standard InChI is InChI=1S/C5H6BN/c6-5-3-1-2-4-7-5/h1-2H,3-4H2. The van der Waals surface area contributed by atoms with Crippen molar-refractivity contribution >= 4 is 13.5 Å². The average molecular weight is 90.9 g/mol. The highest BCUT2D eigenvalue weighted by Gasteiger charge is 1.88. The lowest BCUT2D eigenvalue weighted by molar-refractivity contribution is 1.18. The van der Waals surface area contributed by atoms with Crippen molar-refractivity contribution in [2.75, 3.05) is 6.54 Å². The lowest BCUT2D eigenvalue weighted by Gasteiger charge is -1.98. The van der Waals surface area contributed by atoms with Crippen molar-refractivity contribution in [3.8, 4) is 0 Å². The molecule has 1 aliphatic heterocycles. The van der Waals surface area contributed by atoms with Crippen molar-refractivity contribution in [1.82, 2.24) is 0 Å². The minimum absolute atomic E-state index is 0.752. The van der Waals surface area contributed by atoms with Crippen LogP contribution in [-0.2, 0) is 0 Å². The Morgan fingerprint density at radius 2 is 2.43 bits per heavy atom. The number of hydrogen-bond acceptors (Lipinski definition) is 1. The molecule has 0 aromatic carbocycles. The Balaban J connectivity index is 2.50. The van der Waals surface area contributed by atoms with Crippen LogP contribution in [0.15, 0.2) is 17.1 Å². The van der Waals surface area contributed by atoms with Crippen LogP contribution in [0.1, 0.15) is 6.42 Å². The van der Waals surface area contributed by atoms with Gasteiger partial charge in [0.15, 0.2) is 0 Å². The van der Waals surface area contributed by atoms with Gasteiger partial charge in [0.25, 0.3) is 0 Å². The Kier molecular flexibility index (Phi) is 1.30. The molecule has 0 aromatic rings. The van der Waals surface area contributed by atoms with Crippen molar-refractivity contribution in [2.24, 2.45) is 4.99 Å². The molecule has 1 nitrogen and oxygen atoms in total. The second kappa shape index (κ2) is 1.96. The Morgan fingerprint density at radius 1 is 1.57 bits per heavy atom. The molecule has 0 aromatic heterocycles. The Hall–Kier alpha value is -0.525. The summed E-state index contributed by atoms with van der Waals surface area (Å²) in [4.78, 5) is 3.94. The zero-order chi connectivity index (χ0) is 5.11. The smallest absolute Gasteiger partial charge is 0.135 e. The van der Waals surface area contributed by atoms with Gasteiger partial charge in [0.05, 0.1) is 6.54 Å². The molecule has 0 saturated carbocycles. The van der Waals surface area contributed by atoms with Gasteiger partial charge in [-0.25, -0.2) is 0 Å². The number of rotatable bonds is 0. The van der Waals surface area contributed by atoms with E-state index < -0.39 is 0 Å². The number of dihydropyridines is 1. The zero-order valence-electron chi connectivity index (χ0n) is 4.09. The van der Waals surface area contributed by atoms with Crippen LogP contribution in [0.4, 0.5) is 0 Å². The highest BCUT2D eigenvalue weighted by molar-refractivity contribution is 6.60. The molecule has 0 amide bonds. The third-order valence-electron chi connectivity index (χ3n) is 0.893. The molecule has 0 fully saturated rings. The molecule has 0 atom stereocenters. The van der Waals surface area contributed by atoms with Gasteiger partial charge < -0.3 is 4.99 Å². The van der Waals surface area contributed by atoms with Crippen molar-refractivity contribution in [2.45, 2.75) is 6.42 Å². The van der Waals surface area contributed by atoms with Crippen LogP contribution in [-0.4, -0.2) is 20.0 Å². The molecule has 0 saturated heterocycles. The molecule has 1 aliphatic rings. The lowest BCUT2D eigenvalue weighted by Crippen LogP contribution is -1.99. The first-order valence-corrected chi connectivity index (χ1v) is 2.33. The SMILES string of the molecule is [B]C1=NCC=CC1. The fourth-order valence-corrected chi connectivity index (χ4v) is 0.513. The maximum atomic E-state index is 5.33. The summed E-state index contributed by atoms with van der Waals surface area (Å²) in [7, 11) is 5.33. The fraction of sp³-hybridized carbons (Fsp3) is 0.400. The van der Waals surface area contributed by atoms with Crippen LogP contribution in [0.5, 0.6) is 0 Å². The average Bonchev–Trinajstić information content (AvgIpc) is 1.69. The van der Waals surface area contributed by atoms with E-state index in [-0.39, 0.29) is 0 Å². The van der Waals surface area contributed by atoms with Crippen LogP contribution in [0.2, 0.25) is 0 Å². The highest BCUT2D eigenvalue weighted by Crippen LogP contribution is 1.92. The zero-order valence-corrected chi connectivity index (χ0v) is 4.09. The highest BCUT2D eigenvalue weighted by atomic mass is 14.7. The van der Waals surface area contributed by atoms with Crippen molar-refractivity contribution in [3.05, 3.63) is 12.2 Å². The predicted octanol–water partition coefficient (Wildman–Crippen LogP) is 0.513. The van der Waals surface area contributed by atoms with Gasteiger partial charge >= 0.3 is 0 Å². The van der Waals surface area contributed by atoms with Gasteiger partial charge in [0, 0.05) is 0 Å². The first-order valence-electron chi connectivity index (χ1n) is 2.33. The van der Waals surface area contributed by atoms with E-state index in [1.807, 2.05) is 12.2 Å². The molecule has 0 unspecified atom stereocenters. The van der Waals surface area contributed by atoms with E-state index in [1.54, 1.807) is 0 Å². The minimum Gasteiger partial charge on any atom is -0.301 e. The summed E-state index contributed by atoms with van der Waals surface area (Å²) in [5.41, 5.74) is 0.752. The Morgan fingerprint density at radius 3 is 2.71 bits per heavy atom. The van der Waals surface area contributed by atoms with E-state index in [0.29, 0.717) is 0 Å². The van der Waals surface area contributed by atoms with Gasteiger partial charge in [-0.2, -0.15) is 0 Å². The lowest BCUT2D eigenvalue weighted by atomic mass is 9.96.